The molecule has 0 aliphatic heterocycles. The molecule has 0 heterocycles. The van der Waals surface area contributed by atoms with Crippen molar-refractivity contribution in [1.82, 2.24) is 0 Å². The summed E-state index contributed by atoms with van der Waals surface area (Å²) in [5, 5.41) is -1.32. The molecule has 70 valence electrons. The molecule has 0 bridgehead atoms. The van der Waals surface area contributed by atoms with Crippen molar-refractivity contribution in [3.05, 3.63) is 41.6 Å². The lowest BCUT2D eigenvalue weighted by Crippen LogP contribution is -1.99. The quantitative estimate of drug-likeness (QED) is 0.733. The minimum atomic E-state index is -3.95. The molecule has 0 spiro atoms. The SMILES string of the molecule is C=C(F)S(=O)(=O)c1ccc(C)cc1. The van der Waals surface area contributed by atoms with Crippen LogP contribution in [-0.4, -0.2) is 8.42 Å². The van der Waals surface area contributed by atoms with Gasteiger partial charge in [-0.3, -0.25) is 0 Å². The van der Waals surface area contributed by atoms with E-state index in [4.69, 9.17) is 0 Å². The molecule has 2 nitrogen and oxygen atoms in total. The molecule has 0 saturated carbocycles. The highest BCUT2D eigenvalue weighted by Gasteiger charge is 2.17. The van der Waals surface area contributed by atoms with Crippen molar-refractivity contribution in [2.45, 2.75) is 11.8 Å². The first-order chi connectivity index (χ1) is 5.94. The van der Waals surface area contributed by atoms with Crippen LogP contribution in [0, 0.1) is 6.92 Å². The van der Waals surface area contributed by atoms with E-state index in [0.29, 0.717) is 0 Å². The van der Waals surface area contributed by atoms with Gasteiger partial charge in [-0.2, -0.15) is 4.39 Å². The minimum absolute atomic E-state index is 0.0643. The van der Waals surface area contributed by atoms with Crippen molar-refractivity contribution in [3.63, 3.8) is 0 Å². The average molecular weight is 200 g/mol. The van der Waals surface area contributed by atoms with Gasteiger partial charge in [0.05, 0.1) is 4.90 Å². The van der Waals surface area contributed by atoms with Crippen molar-refractivity contribution < 1.29 is 12.8 Å². The van der Waals surface area contributed by atoms with Gasteiger partial charge in [0.15, 0.2) is 0 Å². The summed E-state index contributed by atoms with van der Waals surface area (Å²) in [7, 11) is -3.95. The van der Waals surface area contributed by atoms with E-state index in [1.54, 1.807) is 12.1 Å². The lowest BCUT2D eigenvalue weighted by Gasteiger charge is -2.00. The zero-order valence-electron chi connectivity index (χ0n) is 7.12. The Morgan fingerprint density at radius 1 is 1.31 bits per heavy atom. The van der Waals surface area contributed by atoms with Crippen LogP contribution in [0.1, 0.15) is 5.56 Å². The van der Waals surface area contributed by atoms with Crippen LogP contribution in [0.25, 0.3) is 0 Å². The topological polar surface area (TPSA) is 34.1 Å². The molecule has 13 heavy (non-hydrogen) atoms. The van der Waals surface area contributed by atoms with E-state index in [1.165, 1.54) is 12.1 Å². The van der Waals surface area contributed by atoms with Gasteiger partial charge in [-0.05, 0) is 19.1 Å². The van der Waals surface area contributed by atoms with E-state index >= 15 is 0 Å². The Balaban J connectivity index is 3.25. The molecule has 0 fully saturated rings. The van der Waals surface area contributed by atoms with Crippen LogP contribution in [0.3, 0.4) is 0 Å². The standard InChI is InChI=1S/C9H9FO2S/c1-7-3-5-9(6-4-7)13(11,12)8(2)10/h3-6H,2H2,1H3. The predicted molar refractivity (Wildman–Crippen MR) is 48.6 cm³/mol. The predicted octanol–water partition coefficient (Wildman–Crippen LogP) is 2.21. The van der Waals surface area contributed by atoms with Crippen molar-refractivity contribution >= 4 is 9.84 Å². The number of hydrogen-bond donors (Lipinski definition) is 0. The van der Waals surface area contributed by atoms with E-state index in [2.05, 4.69) is 6.58 Å². The molecule has 0 N–H and O–H groups in total. The molecule has 0 radical (unpaired) electrons. The molecule has 0 atom stereocenters. The van der Waals surface area contributed by atoms with Gasteiger partial charge in [0, 0.05) is 0 Å². The highest BCUT2D eigenvalue weighted by atomic mass is 32.2. The first-order valence-corrected chi connectivity index (χ1v) is 5.09. The van der Waals surface area contributed by atoms with Crippen molar-refractivity contribution in [2.75, 3.05) is 0 Å². The monoisotopic (exact) mass is 200 g/mol. The van der Waals surface area contributed by atoms with Gasteiger partial charge in [0.25, 0.3) is 0 Å². The molecule has 0 amide bonds. The van der Waals surface area contributed by atoms with Gasteiger partial charge >= 0.3 is 0 Å². The fourth-order valence-corrected chi connectivity index (χ4v) is 1.60. The van der Waals surface area contributed by atoms with E-state index in [0.717, 1.165) is 5.56 Å². The highest BCUT2D eigenvalue weighted by molar-refractivity contribution is 7.95. The van der Waals surface area contributed by atoms with E-state index < -0.39 is 15.0 Å². The number of sulfone groups is 1. The molecule has 1 rings (SSSR count). The molecule has 0 saturated heterocycles. The smallest absolute Gasteiger partial charge is 0.216 e. The Morgan fingerprint density at radius 3 is 2.15 bits per heavy atom. The molecule has 4 heteroatoms. The second-order valence-corrected chi connectivity index (χ2v) is 4.59. The third-order valence-electron chi connectivity index (χ3n) is 1.62. The van der Waals surface area contributed by atoms with Crippen LogP contribution in [0.5, 0.6) is 0 Å². The molecule has 1 aromatic carbocycles. The lowest BCUT2D eigenvalue weighted by atomic mass is 10.2. The largest absolute Gasteiger partial charge is 0.232 e. The number of aryl methyl sites for hydroxylation is 1. The molecule has 0 unspecified atom stereocenters. The Morgan fingerprint density at radius 2 is 1.77 bits per heavy atom. The van der Waals surface area contributed by atoms with Gasteiger partial charge in [0.2, 0.25) is 15.0 Å². The van der Waals surface area contributed by atoms with Crippen LogP contribution >= 0.6 is 0 Å². The van der Waals surface area contributed by atoms with Crippen molar-refractivity contribution in [1.29, 1.82) is 0 Å². The summed E-state index contributed by atoms with van der Waals surface area (Å²) < 4.78 is 34.8. The van der Waals surface area contributed by atoms with Crippen LogP contribution in [0.4, 0.5) is 4.39 Å². The van der Waals surface area contributed by atoms with Gasteiger partial charge in [-0.25, -0.2) is 8.42 Å². The molecule has 0 aliphatic rings. The van der Waals surface area contributed by atoms with Crippen molar-refractivity contribution in [2.24, 2.45) is 0 Å². The van der Waals surface area contributed by atoms with Crippen molar-refractivity contribution in [3.8, 4) is 0 Å². The summed E-state index contributed by atoms with van der Waals surface area (Å²) in [5.74, 6) is 0. The second-order valence-electron chi connectivity index (χ2n) is 2.67. The fraction of sp³-hybridized carbons (Fsp3) is 0.111. The molecule has 0 aromatic heterocycles. The molecule has 0 aliphatic carbocycles. The zero-order chi connectivity index (χ0) is 10.1. The minimum Gasteiger partial charge on any atom is -0.216 e. The third kappa shape index (κ3) is 1.95. The zero-order valence-corrected chi connectivity index (χ0v) is 7.94. The summed E-state index contributed by atoms with van der Waals surface area (Å²) >= 11 is 0. The van der Waals surface area contributed by atoms with Gasteiger partial charge in [-0.1, -0.05) is 24.3 Å². The van der Waals surface area contributed by atoms with Gasteiger partial charge in [0.1, 0.15) is 0 Å². The van der Waals surface area contributed by atoms with Gasteiger partial charge < -0.3 is 0 Å². The number of halogens is 1. The maximum Gasteiger partial charge on any atom is 0.232 e. The molecular weight excluding hydrogens is 191 g/mol. The van der Waals surface area contributed by atoms with E-state index in [1.807, 2.05) is 6.92 Å². The maximum absolute atomic E-state index is 12.5. The molecular formula is C9H9FO2S. The second kappa shape index (κ2) is 3.30. The Bertz CT molecular complexity index is 417. The maximum atomic E-state index is 12.5. The van der Waals surface area contributed by atoms with Crippen LogP contribution in [0.2, 0.25) is 0 Å². The van der Waals surface area contributed by atoms with Crippen LogP contribution in [0.15, 0.2) is 40.9 Å². The van der Waals surface area contributed by atoms with Gasteiger partial charge in [-0.15, -0.1) is 0 Å². The normalized spacial score (nSPS) is 11.2. The molecule has 1 aromatic rings. The number of hydrogen-bond acceptors (Lipinski definition) is 2. The fourth-order valence-electron chi connectivity index (χ4n) is 0.845. The van der Waals surface area contributed by atoms with Crippen LogP contribution in [-0.2, 0) is 9.84 Å². The summed E-state index contributed by atoms with van der Waals surface area (Å²) in [6.45, 7) is 4.59. The summed E-state index contributed by atoms with van der Waals surface area (Å²) in [6, 6.07) is 5.93. The Hall–Kier alpha value is -1.16. The Kier molecular flexibility index (Phi) is 2.52. The first kappa shape index (κ1) is 9.92. The van der Waals surface area contributed by atoms with E-state index in [9.17, 15) is 12.8 Å². The van der Waals surface area contributed by atoms with Crippen LogP contribution < -0.4 is 0 Å². The Labute approximate surface area is 76.6 Å². The summed E-state index contributed by atoms with van der Waals surface area (Å²) in [5.41, 5.74) is 0.920. The summed E-state index contributed by atoms with van der Waals surface area (Å²) in [6.07, 6.45) is 0. The van der Waals surface area contributed by atoms with E-state index in [-0.39, 0.29) is 4.90 Å². The average Bonchev–Trinajstić information content (AvgIpc) is 2.04. The summed E-state index contributed by atoms with van der Waals surface area (Å²) in [4.78, 5) is -0.0643. The third-order valence-corrected chi connectivity index (χ3v) is 3.10. The highest BCUT2D eigenvalue weighted by Crippen LogP contribution is 2.18. The number of rotatable bonds is 2. The lowest BCUT2D eigenvalue weighted by molar-refractivity contribution is 0.578. The first-order valence-electron chi connectivity index (χ1n) is 3.61. The number of benzene rings is 1.